The van der Waals surface area contributed by atoms with Crippen LogP contribution in [0, 0.1) is 0 Å². The molecule has 2 aromatic carbocycles. The van der Waals surface area contributed by atoms with E-state index in [-0.39, 0.29) is 0 Å². The van der Waals surface area contributed by atoms with Crippen molar-refractivity contribution in [2.75, 3.05) is 26.1 Å². The summed E-state index contributed by atoms with van der Waals surface area (Å²) in [5.74, 6) is -0.146. The van der Waals surface area contributed by atoms with Crippen LogP contribution in [0.4, 0.5) is 5.69 Å². The lowest BCUT2D eigenvalue weighted by molar-refractivity contribution is -0.136. The zero-order valence-corrected chi connectivity index (χ0v) is 15.3. The van der Waals surface area contributed by atoms with Crippen molar-refractivity contribution in [2.45, 2.75) is 6.92 Å². The quantitative estimate of drug-likeness (QED) is 0.442. The molecule has 0 unspecified atom stereocenters. The van der Waals surface area contributed by atoms with Gasteiger partial charge >= 0.3 is 11.8 Å². The second-order valence-corrected chi connectivity index (χ2v) is 5.22. The SMILES string of the molecule is CCOc1ccc(/C=N/NC(=O)C(=O)Nc2cc(OC)ccc2OC)cc1. The first kappa shape index (κ1) is 19.8. The summed E-state index contributed by atoms with van der Waals surface area (Å²) in [6.45, 7) is 2.48. The largest absolute Gasteiger partial charge is 0.497 e. The van der Waals surface area contributed by atoms with E-state index in [4.69, 9.17) is 14.2 Å². The van der Waals surface area contributed by atoms with Gasteiger partial charge in [0.1, 0.15) is 17.2 Å². The summed E-state index contributed by atoms with van der Waals surface area (Å²) in [4.78, 5) is 23.9. The number of ether oxygens (including phenoxy) is 3. The third kappa shape index (κ3) is 5.74. The Bertz CT molecular complexity index is 819. The summed E-state index contributed by atoms with van der Waals surface area (Å²) in [5.41, 5.74) is 3.23. The van der Waals surface area contributed by atoms with E-state index in [0.29, 0.717) is 23.8 Å². The maximum atomic E-state index is 12.0. The standard InChI is InChI=1S/C19H21N3O5/c1-4-27-14-7-5-13(6-8-14)12-20-22-19(24)18(23)21-16-11-15(25-2)9-10-17(16)26-3/h5-12H,4H2,1-3H3,(H,21,23)(H,22,24)/b20-12+. The van der Waals surface area contributed by atoms with Gasteiger partial charge in [-0.1, -0.05) is 0 Å². The van der Waals surface area contributed by atoms with Crippen molar-refractivity contribution in [3.8, 4) is 17.2 Å². The van der Waals surface area contributed by atoms with Crippen molar-refractivity contribution in [1.29, 1.82) is 0 Å². The number of hydrazone groups is 1. The van der Waals surface area contributed by atoms with Gasteiger partial charge in [-0.3, -0.25) is 9.59 Å². The maximum Gasteiger partial charge on any atom is 0.329 e. The number of nitrogens with zero attached hydrogens (tertiary/aromatic N) is 1. The van der Waals surface area contributed by atoms with E-state index in [0.717, 1.165) is 11.3 Å². The summed E-state index contributed by atoms with van der Waals surface area (Å²) < 4.78 is 15.6. The Morgan fingerprint density at radius 1 is 1.00 bits per heavy atom. The Labute approximate surface area is 157 Å². The zero-order valence-electron chi connectivity index (χ0n) is 15.3. The summed E-state index contributed by atoms with van der Waals surface area (Å²) >= 11 is 0. The number of nitrogens with one attached hydrogen (secondary N) is 2. The second kappa shape index (κ2) is 9.81. The molecule has 27 heavy (non-hydrogen) atoms. The van der Waals surface area contributed by atoms with Crippen molar-refractivity contribution in [3.63, 3.8) is 0 Å². The molecule has 0 radical (unpaired) electrons. The highest BCUT2D eigenvalue weighted by atomic mass is 16.5. The lowest BCUT2D eigenvalue weighted by Crippen LogP contribution is -2.32. The average Bonchev–Trinajstić information content (AvgIpc) is 2.69. The highest BCUT2D eigenvalue weighted by molar-refractivity contribution is 6.39. The highest BCUT2D eigenvalue weighted by Gasteiger charge is 2.16. The topological polar surface area (TPSA) is 98.2 Å². The molecule has 0 aliphatic heterocycles. The van der Waals surface area contributed by atoms with Crippen LogP contribution in [0.1, 0.15) is 12.5 Å². The molecule has 0 heterocycles. The van der Waals surface area contributed by atoms with Gasteiger partial charge < -0.3 is 19.5 Å². The van der Waals surface area contributed by atoms with E-state index in [2.05, 4.69) is 15.8 Å². The molecule has 2 N–H and O–H groups in total. The summed E-state index contributed by atoms with van der Waals surface area (Å²) in [6.07, 6.45) is 1.42. The van der Waals surface area contributed by atoms with E-state index >= 15 is 0 Å². The van der Waals surface area contributed by atoms with Crippen molar-refractivity contribution >= 4 is 23.7 Å². The lowest BCUT2D eigenvalue weighted by Gasteiger charge is -2.11. The molecule has 2 amide bonds. The number of methoxy groups -OCH3 is 2. The smallest absolute Gasteiger partial charge is 0.329 e. The Morgan fingerprint density at radius 3 is 2.33 bits per heavy atom. The molecule has 0 aromatic heterocycles. The van der Waals surface area contributed by atoms with Crippen LogP contribution in [-0.4, -0.2) is 38.9 Å². The Balaban J connectivity index is 1.94. The number of rotatable bonds is 7. The Morgan fingerprint density at radius 2 is 1.70 bits per heavy atom. The molecule has 0 aliphatic rings. The molecule has 2 rings (SSSR count). The first-order valence-corrected chi connectivity index (χ1v) is 8.16. The van der Waals surface area contributed by atoms with Gasteiger partial charge in [0.2, 0.25) is 0 Å². The fraction of sp³-hybridized carbons (Fsp3) is 0.211. The van der Waals surface area contributed by atoms with Gasteiger partial charge in [-0.05, 0) is 48.9 Å². The molecule has 8 heteroatoms. The highest BCUT2D eigenvalue weighted by Crippen LogP contribution is 2.28. The van der Waals surface area contributed by atoms with Gasteiger partial charge in [-0.15, -0.1) is 0 Å². The number of carbonyl (C=O) groups excluding carboxylic acids is 2. The number of benzene rings is 2. The van der Waals surface area contributed by atoms with Crippen LogP contribution in [0.25, 0.3) is 0 Å². The van der Waals surface area contributed by atoms with E-state index in [9.17, 15) is 9.59 Å². The average molecular weight is 371 g/mol. The fourth-order valence-corrected chi connectivity index (χ4v) is 2.12. The van der Waals surface area contributed by atoms with Crippen LogP contribution in [0.15, 0.2) is 47.6 Å². The van der Waals surface area contributed by atoms with E-state index in [1.54, 1.807) is 42.5 Å². The number of carbonyl (C=O) groups is 2. The summed E-state index contributed by atoms with van der Waals surface area (Å²) in [7, 11) is 2.95. The minimum atomic E-state index is -0.915. The van der Waals surface area contributed by atoms with Crippen LogP contribution in [0.2, 0.25) is 0 Å². The molecule has 0 fully saturated rings. The van der Waals surface area contributed by atoms with Crippen molar-refractivity contribution < 1.29 is 23.8 Å². The molecule has 0 spiro atoms. The first-order valence-electron chi connectivity index (χ1n) is 8.16. The van der Waals surface area contributed by atoms with Crippen LogP contribution in [0.3, 0.4) is 0 Å². The van der Waals surface area contributed by atoms with Crippen molar-refractivity contribution in [1.82, 2.24) is 5.43 Å². The Hall–Kier alpha value is -3.55. The summed E-state index contributed by atoms with van der Waals surface area (Å²) in [5, 5.41) is 6.23. The third-order valence-corrected chi connectivity index (χ3v) is 3.43. The van der Waals surface area contributed by atoms with E-state index in [1.807, 2.05) is 6.92 Å². The third-order valence-electron chi connectivity index (χ3n) is 3.43. The van der Waals surface area contributed by atoms with E-state index < -0.39 is 11.8 Å². The molecule has 0 aliphatic carbocycles. The van der Waals surface area contributed by atoms with Gasteiger partial charge in [0.15, 0.2) is 0 Å². The monoisotopic (exact) mass is 371 g/mol. The zero-order chi connectivity index (χ0) is 19.6. The second-order valence-electron chi connectivity index (χ2n) is 5.22. The van der Waals surface area contributed by atoms with Crippen LogP contribution in [0.5, 0.6) is 17.2 Å². The van der Waals surface area contributed by atoms with Gasteiger partial charge in [0.05, 0.1) is 32.7 Å². The fourth-order valence-electron chi connectivity index (χ4n) is 2.12. The predicted molar refractivity (Wildman–Crippen MR) is 102 cm³/mol. The minimum absolute atomic E-state index is 0.312. The van der Waals surface area contributed by atoms with Crippen LogP contribution in [-0.2, 0) is 9.59 Å². The molecular formula is C19H21N3O5. The molecule has 0 atom stereocenters. The molecule has 142 valence electrons. The minimum Gasteiger partial charge on any atom is -0.497 e. The molecule has 0 saturated carbocycles. The molecule has 0 bridgehead atoms. The first-order chi connectivity index (χ1) is 13.1. The van der Waals surface area contributed by atoms with Crippen LogP contribution >= 0.6 is 0 Å². The molecule has 0 saturated heterocycles. The maximum absolute atomic E-state index is 12.0. The number of amides is 2. The lowest BCUT2D eigenvalue weighted by atomic mass is 10.2. The van der Waals surface area contributed by atoms with E-state index in [1.165, 1.54) is 20.4 Å². The molecule has 8 nitrogen and oxygen atoms in total. The van der Waals surface area contributed by atoms with Crippen molar-refractivity contribution in [3.05, 3.63) is 48.0 Å². The Kier molecular flexibility index (Phi) is 7.18. The normalized spacial score (nSPS) is 10.3. The van der Waals surface area contributed by atoms with Gasteiger partial charge in [-0.25, -0.2) is 5.43 Å². The predicted octanol–water partition coefficient (Wildman–Crippen LogP) is 2.19. The van der Waals surface area contributed by atoms with Gasteiger partial charge in [0, 0.05) is 6.07 Å². The number of anilines is 1. The number of hydrogen-bond acceptors (Lipinski definition) is 6. The summed E-state index contributed by atoms with van der Waals surface area (Å²) in [6, 6.07) is 12.0. The van der Waals surface area contributed by atoms with Crippen molar-refractivity contribution in [2.24, 2.45) is 5.10 Å². The molecule has 2 aromatic rings. The van der Waals surface area contributed by atoms with Crippen LogP contribution < -0.4 is 25.0 Å². The van der Waals surface area contributed by atoms with Gasteiger partial charge in [0.25, 0.3) is 0 Å². The molecular weight excluding hydrogens is 350 g/mol. The number of hydrogen-bond donors (Lipinski definition) is 2. The van der Waals surface area contributed by atoms with Gasteiger partial charge in [-0.2, -0.15) is 5.10 Å².